The zero-order valence-corrected chi connectivity index (χ0v) is 14.3. The minimum atomic E-state index is -1.45. The molecule has 2 heteroatoms. The number of hydrogen-bond donors (Lipinski definition) is 0. The summed E-state index contributed by atoms with van der Waals surface area (Å²) in [7, 11) is -1.45. The summed E-state index contributed by atoms with van der Waals surface area (Å²) < 4.78 is 2.77. The molecule has 0 rings (SSSR count). The monoisotopic (exact) mass is 255 g/mol. The lowest BCUT2D eigenvalue weighted by molar-refractivity contribution is 0.436. The molecule has 0 aliphatic rings. The molecule has 102 valence electrons. The van der Waals surface area contributed by atoms with Crippen LogP contribution in [0.3, 0.4) is 0 Å². The Bertz CT molecular complexity index is 222. The van der Waals surface area contributed by atoms with Crippen molar-refractivity contribution in [2.24, 2.45) is 0 Å². The van der Waals surface area contributed by atoms with Gasteiger partial charge in [0.05, 0.1) is 0 Å². The third kappa shape index (κ3) is 3.44. The van der Waals surface area contributed by atoms with Crippen LogP contribution in [-0.2, 0) is 0 Å². The van der Waals surface area contributed by atoms with E-state index in [0.717, 1.165) is 29.7 Å². The van der Waals surface area contributed by atoms with Gasteiger partial charge in [0.1, 0.15) is 8.24 Å². The zero-order chi connectivity index (χ0) is 13.8. The van der Waals surface area contributed by atoms with Crippen LogP contribution in [0.1, 0.15) is 55.4 Å². The Morgan fingerprint density at radius 3 is 1.53 bits per heavy atom. The van der Waals surface area contributed by atoms with E-state index in [1.54, 1.807) is 0 Å². The molecule has 0 N–H and O–H groups in total. The lowest BCUT2D eigenvalue weighted by Crippen LogP contribution is -2.60. The van der Waals surface area contributed by atoms with Crippen molar-refractivity contribution < 1.29 is 0 Å². The standard InChI is InChI=1S/C15H33NSi/c1-10-16(11-12(2)3)17(13(4)5,14(6)7)15(8)9/h13-15H,2,10-11H2,1,3-9H3. The highest BCUT2D eigenvalue weighted by molar-refractivity contribution is 6.81. The maximum Gasteiger partial charge on any atom is 0.136 e. The molecular formula is C15H33NSi. The Kier molecular flexibility index (Phi) is 6.71. The summed E-state index contributed by atoms with van der Waals surface area (Å²) >= 11 is 0. The topological polar surface area (TPSA) is 3.24 Å². The van der Waals surface area contributed by atoms with Gasteiger partial charge < -0.3 is 4.57 Å². The molecule has 0 radical (unpaired) electrons. The van der Waals surface area contributed by atoms with Crippen LogP contribution < -0.4 is 0 Å². The van der Waals surface area contributed by atoms with Crippen LogP contribution in [0.15, 0.2) is 12.2 Å². The molecule has 0 saturated carbocycles. The predicted molar refractivity (Wildman–Crippen MR) is 83.1 cm³/mol. The van der Waals surface area contributed by atoms with E-state index >= 15 is 0 Å². The van der Waals surface area contributed by atoms with Crippen molar-refractivity contribution in [1.82, 2.24) is 4.57 Å². The first-order chi connectivity index (χ1) is 7.71. The molecule has 0 aromatic carbocycles. The summed E-state index contributed by atoms with van der Waals surface area (Å²) in [5, 5.41) is 0. The quantitative estimate of drug-likeness (QED) is 0.454. The van der Waals surface area contributed by atoms with Gasteiger partial charge in [-0.15, -0.1) is 0 Å². The molecule has 0 heterocycles. The van der Waals surface area contributed by atoms with E-state index in [9.17, 15) is 0 Å². The van der Waals surface area contributed by atoms with Crippen molar-refractivity contribution >= 4 is 8.24 Å². The fourth-order valence-corrected chi connectivity index (χ4v) is 11.2. The Labute approximate surface area is 110 Å². The fraction of sp³-hybridized carbons (Fsp3) is 0.867. The van der Waals surface area contributed by atoms with Crippen molar-refractivity contribution in [3.05, 3.63) is 12.2 Å². The zero-order valence-electron chi connectivity index (χ0n) is 13.3. The summed E-state index contributed by atoms with van der Waals surface area (Å²) in [6.45, 7) is 25.4. The first-order valence-corrected chi connectivity index (χ1v) is 9.28. The molecule has 1 nitrogen and oxygen atoms in total. The first-order valence-electron chi connectivity index (χ1n) is 7.10. The van der Waals surface area contributed by atoms with Crippen LogP contribution in [0.2, 0.25) is 16.6 Å². The SMILES string of the molecule is C=C(C)CN(CC)[Si](C(C)C)(C(C)C)C(C)C. The minimum Gasteiger partial charge on any atom is -0.319 e. The molecule has 0 saturated heterocycles. The van der Waals surface area contributed by atoms with E-state index in [-0.39, 0.29) is 0 Å². The van der Waals surface area contributed by atoms with Crippen molar-refractivity contribution in [3.63, 3.8) is 0 Å². The lowest BCUT2D eigenvalue weighted by atomic mass is 10.3. The van der Waals surface area contributed by atoms with Gasteiger partial charge in [0, 0.05) is 6.54 Å². The average Bonchev–Trinajstić information content (AvgIpc) is 2.14. The highest BCUT2D eigenvalue weighted by Crippen LogP contribution is 2.43. The van der Waals surface area contributed by atoms with Gasteiger partial charge in [0.15, 0.2) is 0 Å². The highest BCUT2D eigenvalue weighted by atomic mass is 28.3. The van der Waals surface area contributed by atoms with Crippen LogP contribution in [0.5, 0.6) is 0 Å². The van der Waals surface area contributed by atoms with E-state index in [0.29, 0.717) is 0 Å². The van der Waals surface area contributed by atoms with Gasteiger partial charge in [-0.05, 0) is 30.1 Å². The van der Waals surface area contributed by atoms with Crippen LogP contribution in [-0.4, -0.2) is 25.9 Å². The highest BCUT2D eigenvalue weighted by Gasteiger charge is 2.47. The Morgan fingerprint density at radius 1 is 1.00 bits per heavy atom. The Hall–Kier alpha value is -0.0831. The third-order valence-corrected chi connectivity index (χ3v) is 11.3. The summed E-state index contributed by atoms with van der Waals surface area (Å²) in [5.41, 5.74) is 3.68. The van der Waals surface area contributed by atoms with E-state index in [2.05, 4.69) is 66.5 Å². The molecule has 0 aliphatic carbocycles. The van der Waals surface area contributed by atoms with Gasteiger partial charge in [-0.3, -0.25) is 0 Å². The smallest absolute Gasteiger partial charge is 0.136 e. The molecule has 0 spiro atoms. The van der Waals surface area contributed by atoms with Crippen LogP contribution in [0.4, 0.5) is 0 Å². The maximum absolute atomic E-state index is 4.11. The fourth-order valence-electron chi connectivity index (χ4n) is 3.94. The molecule has 0 aliphatic heterocycles. The van der Waals surface area contributed by atoms with Gasteiger partial charge in [-0.2, -0.15) is 0 Å². The van der Waals surface area contributed by atoms with Crippen LogP contribution in [0, 0.1) is 0 Å². The second-order valence-corrected chi connectivity index (χ2v) is 12.2. The Morgan fingerprint density at radius 2 is 1.35 bits per heavy atom. The minimum absolute atomic E-state index is 0.793. The average molecular weight is 256 g/mol. The number of rotatable bonds is 7. The van der Waals surface area contributed by atoms with E-state index in [4.69, 9.17) is 0 Å². The van der Waals surface area contributed by atoms with E-state index < -0.39 is 8.24 Å². The summed E-state index contributed by atoms with van der Waals surface area (Å²) in [6.07, 6.45) is 0. The van der Waals surface area contributed by atoms with Crippen LogP contribution >= 0.6 is 0 Å². The largest absolute Gasteiger partial charge is 0.319 e. The first kappa shape index (κ1) is 16.9. The van der Waals surface area contributed by atoms with E-state index in [1.165, 1.54) is 5.57 Å². The van der Waals surface area contributed by atoms with Gasteiger partial charge in [0.2, 0.25) is 0 Å². The molecular weight excluding hydrogens is 222 g/mol. The van der Waals surface area contributed by atoms with Crippen LogP contribution in [0.25, 0.3) is 0 Å². The molecule has 0 fully saturated rings. The number of likely N-dealkylation sites (N-methyl/N-ethyl adjacent to an activating group) is 1. The third-order valence-electron chi connectivity index (χ3n) is 4.16. The van der Waals surface area contributed by atoms with Crippen molar-refractivity contribution in [1.29, 1.82) is 0 Å². The molecule has 0 atom stereocenters. The van der Waals surface area contributed by atoms with E-state index in [1.807, 2.05) is 0 Å². The van der Waals surface area contributed by atoms with Crippen molar-refractivity contribution in [3.8, 4) is 0 Å². The molecule has 0 unspecified atom stereocenters. The second-order valence-electron chi connectivity index (χ2n) is 6.32. The molecule has 0 aromatic heterocycles. The molecule has 0 aromatic rings. The number of hydrogen-bond acceptors (Lipinski definition) is 1. The Balaban J connectivity index is 5.45. The van der Waals surface area contributed by atoms with Crippen molar-refractivity contribution in [2.75, 3.05) is 13.1 Å². The number of nitrogens with zero attached hydrogens (tertiary/aromatic N) is 1. The molecule has 0 amide bonds. The molecule has 0 bridgehead atoms. The van der Waals surface area contributed by atoms with Gasteiger partial charge in [0.25, 0.3) is 0 Å². The normalized spacial score (nSPS) is 13.2. The maximum atomic E-state index is 4.11. The summed E-state index contributed by atoms with van der Waals surface area (Å²) in [6, 6.07) is 0. The van der Waals surface area contributed by atoms with Gasteiger partial charge in [-0.1, -0.05) is 60.6 Å². The van der Waals surface area contributed by atoms with Gasteiger partial charge >= 0.3 is 0 Å². The molecule has 17 heavy (non-hydrogen) atoms. The summed E-state index contributed by atoms with van der Waals surface area (Å²) in [4.78, 5) is 0. The summed E-state index contributed by atoms with van der Waals surface area (Å²) in [5.74, 6) is 0. The lowest BCUT2D eigenvalue weighted by Gasteiger charge is -2.51. The predicted octanol–water partition coefficient (Wildman–Crippen LogP) is 5.06. The van der Waals surface area contributed by atoms with Crippen molar-refractivity contribution in [2.45, 2.75) is 72.0 Å². The second kappa shape index (κ2) is 6.74. The van der Waals surface area contributed by atoms with Gasteiger partial charge in [-0.25, -0.2) is 0 Å².